The molecule has 1 aromatic rings. The minimum Gasteiger partial charge on any atom is -0.343 e. The number of aryl methyl sites for hydroxylation is 1. The Labute approximate surface area is 172 Å². The fourth-order valence-electron chi connectivity index (χ4n) is 3.85. The number of nitrogens with one attached hydrogen (secondary N) is 1. The molecule has 2 atom stereocenters. The van der Waals surface area contributed by atoms with Gasteiger partial charge < -0.3 is 14.7 Å². The molecule has 4 heterocycles. The Morgan fingerprint density at radius 2 is 1.93 bits per heavy atom. The van der Waals surface area contributed by atoms with Crippen molar-refractivity contribution in [2.45, 2.75) is 49.2 Å². The van der Waals surface area contributed by atoms with Gasteiger partial charge in [0.25, 0.3) is 5.91 Å². The minimum absolute atomic E-state index is 0.265. The maximum absolute atomic E-state index is 12.7. The molecule has 3 amide bonds. The number of amides is 3. The normalized spacial score (nSPS) is 25.5. The maximum atomic E-state index is 12.7. The van der Waals surface area contributed by atoms with Crippen LogP contribution >= 0.6 is 23.1 Å². The number of carbonyl (C=O) groups is 2. The van der Waals surface area contributed by atoms with E-state index in [4.69, 9.17) is 4.99 Å². The third kappa shape index (κ3) is 3.82. The number of imide groups is 1. The summed E-state index contributed by atoms with van der Waals surface area (Å²) < 4.78 is 0.932. The van der Waals surface area contributed by atoms with Gasteiger partial charge in [0.05, 0.1) is 0 Å². The molecule has 3 aliphatic rings. The van der Waals surface area contributed by atoms with Crippen molar-refractivity contribution in [3.8, 4) is 0 Å². The van der Waals surface area contributed by atoms with Crippen molar-refractivity contribution < 1.29 is 9.59 Å². The summed E-state index contributed by atoms with van der Waals surface area (Å²) in [6.45, 7) is 4.49. The van der Waals surface area contributed by atoms with E-state index < -0.39 is 12.2 Å². The molecule has 9 nitrogen and oxygen atoms in total. The van der Waals surface area contributed by atoms with Gasteiger partial charge in [0.2, 0.25) is 0 Å². The average Bonchev–Trinajstić information content (AvgIpc) is 3.14. The third-order valence-corrected chi connectivity index (χ3v) is 7.25. The van der Waals surface area contributed by atoms with Crippen molar-refractivity contribution >= 4 is 41.0 Å². The van der Waals surface area contributed by atoms with Gasteiger partial charge in [-0.1, -0.05) is 35.9 Å². The number of likely N-dealkylation sites (N-methyl/N-ethyl adjacent to an activating group) is 1. The number of urea groups is 1. The molecule has 0 bridgehead atoms. The first kappa shape index (κ1) is 19.4. The number of nitrogens with zero attached hydrogens (tertiary/aromatic N) is 6. The molecule has 0 saturated carbocycles. The Kier molecular flexibility index (Phi) is 5.72. The number of hydrogen-bond acceptors (Lipinski definition) is 9. The molecule has 1 aromatic heterocycles. The number of aliphatic imine (C=N–C) groups is 1. The number of rotatable bonds is 4. The fourth-order valence-corrected chi connectivity index (χ4v) is 5.68. The first-order valence-corrected chi connectivity index (χ1v) is 11.4. The molecule has 0 spiro atoms. The second kappa shape index (κ2) is 8.24. The van der Waals surface area contributed by atoms with Crippen molar-refractivity contribution in [2.24, 2.45) is 4.99 Å². The van der Waals surface area contributed by atoms with E-state index in [0.717, 1.165) is 47.0 Å². The van der Waals surface area contributed by atoms with Gasteiger partial charge in [-0.2, -0.15) is 0 Å². The molecular formula is C17H25N7O2S2. The summed E-state index contributed by atoms with van der Waals surface area (Å²) in [5, 5.41) is 11.6. The van der Waals surface area contributed by atoms with Crippen LogP contribution in [0.3, 0.4) is 0 Å². The third-order valence-electron chi connectivity index (χ3n) is 5.29. The lowest BCUT2D eigenvalue weighted by Crippen LogP contribution is -2.64. The summed E-state index contributed by atoms with van der Waals surface area (Å²) in [5.41, 5.74) is 0. The van der Waals surface area contributed by atoms with Crippen LogP contribution in [-0.2, 0) is 4.79 Å². The molecule has 0 radical (unpaired) electrons. The lowest BCUT2D eigenvalue weighted by atomic mass is 10.1. The molecular weight excluding hydrogens is 398 g/mol. The summed E-state index contributed by atoms with van der Waals surface area (Å²) in [7, 11) is 1.70. The van der Waals surface area contributed by atoms with Crippen LogP contribution in [-0.4, -0.2) is 87.4 Å². The predicted molar refractivity (Wildman–Crippen MR) is 108 cm³/mol. The summed E-state index contributed by atoms with van der Waals surface area (Å²) >= 11 is 3.22. The summed E-state index contributed by atoms with van der Waals surface area (Å²) in [6.07, 6.45) is 4.24. The standard InChI is InChI=1S/C17H25N7O2S2/c1-11-20-21-17(28-11)27-10-9-24-12-13(22(2)16(26)19-14(12)25)18-15(24)23-7-5-3-4-6-8-23/h12-13H,3-10H2,1-2H3,(H,19,25,26). The van der Waals surface area contributed by atoms with Crippen LogP contribution in [0.15, 0.2) is 9.33 Å². The monoisotopic (exact) mass is 423 g/mol. The quantitative estimate of drug-likeness (QED) is 0.731. The molecule has 2 fully saturated rings. The number of carbonyl (C=O) groups excluding carboxylic acids is 2. The first-order chi connectivity index (χ1) is 13.5. The minimum atomic E-state index is -0.474. The van der Waals surface area contributed by atoms with Crippen LogP contribution in [0.2, 0.25) is 0 Å². The van der Waals surface area contributed by atoms with Crippen LogP contribution in [0.5, 0.6) is 0 Å². The second-order valence-electron chi connectivity index (χ2n) is 7.22. The maximum Gasteiger partial charge on any atom is 0.325 e. The number of guanidine groups is 1. The van der Waals surface area contributed by atoms with E-state index in [-0.39, 0.29) is 11.9 Å². The van der Waals surface area contributed by atoms with Crippen LogP contribution in [0.25, 0.3) is 0 Å². The van der Waals surface area contributed by atoms with E-state index in [1.807, 2.05) is 6.92 Å². The number of hydrogen-bond donors (Lipinski definition) is 1. The highest BCUT2D eigenvalue weighted by molar-refractivity contribution is 8.01. The van der Waals surface area contributed by atoms with Crippen molar-refractivity contribution in [3.05, 3.63) is 5.01 Å². The van der Waals surface area contributed by atoms with Crippen molar-refractivity contribution in [2.75, 3.05) is 32.4 Å². The zero-order valence-corrected chi connectivity index (χ0v) is 17.8. The number of aromatic nitrogens is 2. The van der Waals surface area contributed by atoms with Gasteiger partial charge in [-0.3, -0.25) is 10.1 Å². The van der Waals surface area contributed by atoms with Gasteiger partial charge >= 0.3 is 6.03 Å². The molecule has 4 rings (SSSR count). The SMILES string of the molecule is Cc1nnc(SCCN2C(N3CCCCCC3)=NC3C2C(=O)NC(=O)N3C)s1. The first-order valence-electron chi connectivity index (χ1n) is 9.64. The van der Waals surface area contributed by atoms with Crippen molar-refractivity contribution in [3.63, 3.8) is 0 Å². The van der Waals surface area contributed by atoms with E-state index in [9.17, 15) is 9.59 Å². The smallest absolute Gasteiger partial charge is 0.325 e. The second-order valence-corrected chi connectivity index (χ2v) is 9.75. The van der Waals surface area contributed by atoms with Crippen LogP contribution < -0.4 is 5.32 Å². The number of fused-ring (bicyclic) bond motifs is 1. The Balaban J connectivity index is 1.53. The van der Waals surface area contributed by atoms with Gasteiger partial charge in [0.15, 0.2) is 22.5 Å². The van der Waals surface area contributed by atoms with E-state index in [2.05, 4.69) is 25.3 Å². The van der Waals surface area contributed by atoms with Crippen LogP contribution in [0.1, 0.15) is 30.7 Å². The Morgan fingerprint density at radius 3 is 2.61 bits per heavy atom. The molecule has 3 aliphatic heterocycles. The molecule has 11 heteroatoms. The summed E-state index contributed by atoms with van der Waals surface area (Å²) in [5.74, 6) is 1.36. The zero-order valence-electron chi connectivity index (χ0n) is 16.1. The van der Waals surface area contributed by atoms with E-state index in [1.54, 1.807) is 30.1 Å². The van der Waals surface area contributed by atoms with E-state index >= 15 is 0 Å². The fraction of sp³-hybridized carbons (Fsp3) is 0.706. The van der Waals surface area contributed by atoms with Gasteiger partial charge in [-0.25, -0.2) is 9.79 Å². The summed E-state index contributed by atoms with van der Waals surface area (Å²) in [4.78, 5) is 35.5. The molecule has 1 N–H and O–H groups in total. The zero-order chi connectivity index (χ0) is 19.7. The van der Waals surface area contributed by atoms with Crippen molar-refractivity contribution in [1.82, 2.24) is 30.2 Å². The number of thioether (sulfide) groups is 1. The summed E-state index contributed by atoms with van der Waals surface area (Å²) in [6, 6.07) is -0.858. The van der Waals surface area contributed by atoms with Gasteiger partial charge in [0, 0.05) is 32.4 Å². The molecule has 0 aliphatic carbocycles. The predicted octanol–water partition coefficient (Wildman–Crippen LogP) is 1.36. The van der Waals surface area contributed by atoms with Crippen LogP contribution in [0, 0.1) is 6.92 Å². The van der Waals surface area contributed by atoms with Gasteiger partial charge in [-0.15, -0.1) is 10.2 Å². The Bertz CT molecular complexity index is 775. The molecule has 0 aromatic carbocycles. The van der Waals surface area contributed by atoms with E-state index in [0.29, 0.717) is 6.54 Å². The lowest BCUT2D eigenvalue weighted by Gasteiger charge is -2.37. The highest BCUT2D eigenvalue weighted by Crippen LogP contribution is 2.28. The van der Waals surface area contributed by atoms with Crippen LogP contribution in [0.4, 0.5) is 4.79 Å². The molecule has 2 saturated heterocycles. The lowest BCUT2D eigenvalue weighted by molar-refractivity contribution is -0.127. The highest BCUT2D eigenvalue weighted by atomic mass is 32.2. The van der Waals surface area contributed by atoms with Gasteiger partial charge in [-0.05, 0) is 19.8 Å². The Hall–Kier alpha value is -1.88. The number of likely N-dealkylation sites (tertiary alicyclic amines) is 1. The molecule has 2 unspecified atom stereocenters. The largest absolute Gasteiger partial charge is 0.343 e. The van der Waals surface area contributed by atoms with Gasteiger partial charge in [0.1, 0.15) is 5.01 Å². The van der Waals surface area contributed by atoms with Crippen molar-refractivity contribution in [1.29, 1.82) is 0 Å². The molecule has 152 valence electrons. The average molecular weight is 424 g/mol. The van der Waals surface area contributed by atoms with E-state index in [1.165, 1.54) is 17.7 Å². The Morgan fingerprint density at radius 1 is 1.18 bits per heavy atom. The topological polar surface area (TPSA) is 94.0 Å². The highest BCUT2D eigenvalue weighted by Gasteiger charge is 2.49. The molecule has 28 heavy (non-hydrogen) atoms.